The summed E-state index contributed by atoms with van der Waals surface area (Å²) in [7, 11) is 0. The molecule has 0 radical (unpaired) electrons. The molecule has 3 aromatic carbocycles. The molecule has 0 amide bonds. The van der Waals surface area contributed by atoms with E-state index in [1.807, 2.05) is 30.3 Å². The molecule has 4 heteroatoms. The van der Waals surface area contributed by atoms with Crippen LogP contribution in [0, 0.1) is 0 Å². The minimum atomic E-state index is 0.265. The zero-order valence-electron chi connectivity index (χ0n) is 15.4. The lowest BCUT2D eigenvalue weighted by molar-refractivity contribution is -0.921. The number of morpholine rings is 1. The maximum absolute atomic E-state index is 10.2. The van der Waals surface area contributed by atoms with Gasteiger partial charge in [-0.25, -0.2) is 0 Å². The van der Waals surface area contributed by atoms with E-state index in [4.69, 9.17) is 4.74 Å². The fourth-order valence-electron chi connectivity index (χ4n) is 3.55. The molecule has 0 aliphatic carbocycles. The minimum absolute atomic E-state index is 0.265. The van der Waals surface area contributed by atoms with E-state index in [-0.39, 0.29) is 5.75 Å². The van der Waals surface area contributed by atoms with Crippen LogP contribution in [0.4, 0.5) is 0 Å². The Bertz CT molecular complexity index is 929. The highest BCUT2D eigenvalue weighted by Crippen LogP contribution is 2.25. The monoisotopic (exact) mass is 361 g/mol. The molecule has 27 heavy (non-hydrogen) atoms. The van der Waals surface area contributed by atoms with Crippen molar-refractivity contribution in [2.45, 2.75) is 13.1 Å². The number of nitrogens with zero attached hydrogens (tertiary/aromatic N) is 1. The molecule has 4 nitrogen and oxygen atoms in total. The summed E-state index contributed by atoms with van der Waals surface area (Å²) in [6.45, 7) is 5.55. The van der Waals surface area contributed by atoms with Crippen molar-refractivity contribution in [3.05, 3.63) is 77.4 Å². The van der Waals surface area contributed by atoms with Crippen LogP contribution in [0.25, 0.3) is 10.8 Å². The Morgan fingerprint density at radius 2 is 1.67 bits per heavy atom. The van der Waals surface area contributed by atoms with Gasteiger partial charge in [0.15, 0.2) is 0 Å². The lowest BCUT2D eigenvalue weighted by atomic mass is 10.0. The number of ether oxygens (including phenoxy) is 1. The maximum atomic E-state index is 10.2. The highest BCUT2D eigenvalue weighted by atomic mass is 16.5. The third-order valence-corrected chi connectivity index (χ3v) is 5.12. The number of hydrogen-bond acceptors (Lipinski definition) is 3. The third kappa shape index (κ3) is 4.35. The number of fused-ring (bicyclic) bond motifs is 1. The number of quaternary nitrogens is 1. The molecule has 0 unspecified atom stereocenters. The average molecular weight is 361 g/mol. The van der Waals surface area contributed by atoms with Gasteiger partial charge in [-0.05, 0) is 22.4 Å². The fraction of sp³-hybridized carbons (Fsp3) is 0.261. The first-order valence-electron chi connectivity index (χ1n) is 9.49. The van der Waals surface area contributed by atoms with Gasteiger partial charge in [0.05, 0.1) is 19.8 Å². The standard InChI is InChI=1S/C23H24N2O2/c26-23-10-9-20-3-1-2-4-21(20)22(23)16-24-15-18-5-7-19(8-6-18)17-25-11-13-27-14-12-25/h1-10,16,26H,11-15,17H2/p+1. The predicted molar refractivity (Wildman–Crippen MR) is 109 cm³/mol. The lowest BCUT2D eigenvalue weighted by Gasteiger charge is -2.23. The van der Waals surface area contributed by atoms with Crippen LogP contribution in [0.15, 0.2) is 65.7 Å². The van der Waals surface area contributed by atoms with Gasteiger partial charge in [-0.1, -0.05) is 54.6 Å². The van der Waals surface area contributed by atoms with Gasteiger partial charge in [0.1, 0.15) is 25.4 Å². The van der Waals surface area contributed by atoms with E-state index >= 15 is 0 Å². The van der Waals surface area contributed by atoms with Gasteiger partial charge >= 0.3 is 0 Å². The van der Waals surface area contributed by atoms with Gasteiger partial charge in [-0.2, -0.15) is 0 Å². The fourth-order valence-corrected chi connectivity index (χ4v) is 3.55. The smallest absolute Gasteiger partial charge is 0.124 e. The molecule has 2 N–H and O–H groups in total. The minimum Gasteiger partial charge on any atom is -0.507 e. The molecular weight excluding hydrogens is 336 g/mol. The highest BCUT2D eigenvalue weighted by molar-refractivity contribution is 6.02. The van der Waals surface area contributed by atoms with E-state index < -0.39 is 0 Å². The molecule has 3 aromatic rings. The Labute approximate surface area is 159 Å². The number of phenols is 1. The first-order chi connectivity index (χ1) is 13.3. The van der Waals surface area contributed by atoms with Crippen LogP contribution in [0.1, 0.15) is 16.7 Å². The Hall–Kier alpha value is -2.69. The summed E-state index contributed by atoms with van der Waals surface area (Å²) in [6.07, 6.45) is 1.78. The molecule has 0 spiro atoms. The number of nitrogens with one attached hydrogen (secondary N) is 1. The van der Waals surface area contributed by atoms with E-state index in [0.29, 0.717) is 6.54 Å². The molecule has 0 saturated carbocycles. The van der Waals surface area contributed by atoms with Crippen molar-refractivity contribution in [3.8, 4) is 5.75 Å². The highest BCUT2D eigenvalue weighted by Gasteiger charge is 2.13. The number of aromatic hydroxyl groups is 1. The topological polar surface area (TPSA) is 46.3 Å². The van der Waals surface area contributed by atoms with Gasteiger partial charge in [-0.3, -0.25) is 4.99 Å². The van der Waals surface area contributed by atoms with E-state index in [1.54, 1.807) is 17.2 Å². The summed E-state index contributed by atoms with van der Waals surface area (Å²) in [5, 5.41) is 12.3. The molecule has 1 aliphatic heterocycles. The summed E-state index contributed by atoms with van der Waals surface area (Å²) in [5.41, 5.74) is 3.30. The van der Waals surface area contributed by atoms with Crippen LogP contribution < -0.4 is 4.90 Å². The van der Waals surface area contributed by atoms with Gasteiger partial charge < -0.3 is 14.7 Å². The van der Waals surface area contributed by atoms with E-state index in [9.17, 15) is 5.11 Å². The first kappa shape index (κ1) is 17.7. The molecule has 0 aromatic heterocycles. The van der Waals surface area contributed by atoms with Gasteiger partial charge in [-0.15, -0.1) is 0 Å². The van der Waals surface area contributed by atoms with Gasteiger partial charge in [0.2, 0.25) is 0 Å². The normalized spacial score (nSPS) is 15.6. The number of benzene rings is 3. The molecule has 1 saturated heterocycles. The van der Waals surface area contributed by atoms with Crippen molar-refractivity contribution in [1.29, 1.82) is 0 Å². The second-order valence-corrected chi connectivity index (χ2v) is 7.04. The largest absolute Gasteiger partial charge is 0.507 e. The zero-order valence-corrected chi connectivity index (χ0v) is 15.4. The van der Waals surface area contributed by atoms with Crippen LogP contribution in [-0.2, 0) is 17.8 Å². The van der Waals surface area contributed by atoms with Gasteiger partial charge in [0, 0.05) is 17.3 Å². The first-order valence-corrected chi connectivity index (χ1v) is 9.49. The molecule has 138 valence electrons. The summed E-state index contributed by atoms with van der Waals surface area (Å²) in [6, 6.07) is 20.4. The number of rotatable bonds is 5. The second-order valence-electron chi connectivity index (χ2n) is 7.04. The van der Waals surface area contributed by atoms with Crippen LogP contribution >= 0.6 is 0 Å². The Balaban J connectivity index is 1.42. The second kappa shape index (κ2) is 8.33. The van der Waals surface area contributed by atoms with E-state index in [2.05, 4.69) is 29.3 Å². The zero-order chi connectivity index (χ0) is 18.5. The number of hydrogen-bond donors (Lipinski definition) is 2. The number of aliphatic imine (C=N–C) groups is 1. The van der Waals surface area contributed by atoms with Crippen molar-refractivity contribution < 1.29 is 14.7 Å². The molecule has 1 heterocycles. The maximum Gasteiger partial charge on any atom is 0.124 e. The van der Waals surface area contributed by atoms with Crippen LogP contribution in [0.2, 0.25) is 0 Å². The van der Waals surface area contributed by atoms with Crippen LogP contribution in [0.5, 0.6) is 5.75 Å². The molecule has 1 aliphatic rings. The van der Waals surface area contributed by atoms with Crippen molar-refractivity contribution in [1.82, 2.24) is 0 Å². The van der Waals surface area contributed by atoms with Crippen molar-refractivity contribution in [2.75, 3.05) is 26.3 Å². The number of phenolic OH excluding ortho intramolecular Hbond substituents is 1. The molecule has 1 fully saturated rings. The summed E-state index contributed by atoms with van der Waals surface area (Å²) in [4.78, 5) is 6.14. The van der Waals surface area contributed by atoms with Crippen molar-refractivity contribution in [3.63, 3.8) is 0 Å². The Morgan fingerprint density at radius 3 is 2.48 bits per heavy atom. The quantitative estimate of drug-likeness (QED) is 0.686. The summed E-state index contributed by atoms with van der Waals surface area (Å²) in [5.74, 6) is 0.265. The summed E-state index contributed by atoms with van der Waals surface area (Å²) >= 11 is 0. The summed E-state index contributed by atoms with van der Waals surface area (Å²) < 4.78 is 5.42. The molecule has 4 rings (SSSR count). The van der Waals surface area contributed by atoms with Crippen LogP contribution in [-0.4, -0.2) is 37.6 Å². The average Bonchev–Trinajstić information content (AvgIpc) is 2.72. The Morgan fingerprint density at radius 1 is 0.926 bits per heavy atom. The third-order valence-electron chi connectivity index (χ3n) is 5.12. The van der Waals surface area contributed by atoms with Crippen LogP contribution in [0.3, 0.4) is 0 Å². The van der Waals surface area contributed by atoms with Crippen molar-refractivity contribution in [2.24, 2.45) is 4.99 Å². The Kier molecular flexibility index (Phi) is 5.47. The van der Waals surface area contributed by atoms with Crippen molar-refractivity contribution >= 4 is 17.0 Å². The molecular formula is C23H25N2O2+. The van der Waals surface area contributed by atoms with E-state index in [1.165, 1.54) is 11.1 Å². The molecule has 0 atom stereocenters. The predicted octanol–water partition coefficient (Wildman–Crippen LogP) is 2.58. The van der Waals surface area contributed by atoms with E-state index in [0.717, 1.165) is 49.2 Å². The van der Waals surface area contributed by atoms with Gasteiger partial charge in [0.25, 0.3) is 0 Å². The SMILES string of the molecule is Oc1ccc2ccccc2c1C=NCc1ccc(C[NH+]2CCOCC2)cc1. The lowest BCUT2D eigenvalue weighted by Crippen LogP contribution is -3.12. The molecule has 0 bridgehead atoms.